The van der Waals surface area contributed by atoms with E-state index in [0.717, 1.165) is 18.1 Å². The van der Waals surface area contributed by atoms with Crippen molar-refractivity contribution >= 4 is 17.5 Å². The van der Waals surface area contributed by atoms with E-state index in [9.17, 15) is 13.2 Å². The van der Waals surface area contributed by atoms with Gasteiger partial charge in [-0.2, -0.15) is 18.2 Å². The van der Waals surface area contributed by atoms with Crippen molar-refractivity contribution in [1.29, 1.82) is 0 Å². The smallest absolute Gasteiger partial charge is 0.357 e. The molecular formula is C14H15F3N4. The summed E-state index contributed by atoms with van der Waals surface area (Å²) in [6, 6.07) is 8.30. The van der Waals surface area contributed by atoms with Gasteiger partial charge in [0, 0.05) is 18.8 Å². The van der Waals surface area contributed by atoms with Crippen LogP contribution in [-0.2, 0) is 12.6 Å². The zero-order valence-electron chi connectivity index (χ0n) is 11.6. The molecule has 0 saturated heterocycles. The third kappa shape index (κ3) is 3.84. The van der Waals surface area contributed by atoms with Gasteiger partial charge in [0.2, 0.25) is 5.95 Å². The van der Waals surface area contributed by atoms with Crippen LogP contribution in [0.2, 0.25) is 0 Å². The number of halogens is 3. The molecule has 0 aliphatic heterocycles. The summed E-state index contributed by atoms with van der Waals surface area (Å²) in [6.45, 7) is 2.03. The number of rotatable bonds is 4. The minimum absolute atomic E-state index is 0.0856. The summed E-state index contributed by atoms with van der Waals surface area (Å²) < 4.78 is 38.3. The van der Waals surface area contributed by atoms with E-state index in [2.05, 4.69) is 20.6 Å². The van der Waals surface area contributed by atoms with Crippen LogP contribution in [0.3, 0.4) is 0 Å². The second kappa shape index (κ2) is 5.99. The number of aryl methyl sites for hydroxylation is 1. The summed E-state index contributed by atoms with van der Waals surface area (Å²) in [5.74, 6) is 0.00317. The number of nitrogens with one attached hydrogen (secondary N) is 2. The molecule has 0 bridgehead atoms. The van der Waals surface area contributed by atoms with Crippen LogP contribution in [0.25, 0.3) is 0 Å². The third-order valence-electron chi connectivity index (χ3n) is 2.87. The zero-order valence-corrected chi connectivity index (χ0v) is 11.6. The fraction of sp³-hybridized carbons (Fsp3) is 0.286. The normalized spacial score (nSPS) is 11.3. The van der Waals surface area contributed by atoms with E-state index in [0.29, 0.717) is 5.69 Å². The number of hydrogen-bond acceptors (Lipinski definition) is 4. The van der Waals surface area contributed by atoms with Crippen LogP contribution in [0, 0.1) is 0 Å². The summed E-state index contributed by atoms with van der Waals surface area (Å²) in [7, 11) is 1.47. The van der Waals surface area contributed by atoms with Crippen LogP contribution in [-0.4, -0.2) is 17.0 Å². The fourth-order valence-electron chi connectivity index (χ4n) is 1.74. The summed E-state index contributed by atoms with van der Waals surface area (Å²) in [4.78, 5) is 7.37. The predicted molar refractivity (Wildman–Crippen MR) is 75.7 cm³/mol. The Morgan fingerprint density at radius 3 is 2.29 bits per heavy atom. The van der Waals surface area contributed by atoms with Crippen molar-refractivity contribution in [2.75, 3.05) is 17.7 Å². The first kappa shape index (κ1) is 15.1. The quantitative estimate of drug-likeness (QED) is 0.900. The zero-order chi connectivity index (χ0) is 15.5. The minimum atomic E-state index is -4.52. The number of hydrogen-bond donors (Lipinski definition) is 2. The lowest BCUT2D eigenvalue weighted by Gasteiger charge is -2.11. The Morgan fingerprint density at radius 1 is 1.10 bits per heavy atom. The maximum atomic E-state index is 12.8. The van der Waals surface area contributed by atoms with Gasteiger partial charge in [0.25, 0.3) is 0 Å². The number of alkyl halides is 3. The number of benzene rings is 1. The summed E-state index contributed by atoms with van der Waals surface area (Å²) in [5.41, 5.74) is 0.825. The van der Waals surface area contributed by atoms with E-state index < -0.39 is 11.9 Å². The Bertz CT molecular complexity index is 609. The first-order chi connectivity index (χ1) is 9.92. The highest BCUT2D eigenvalue weighted by molar-refractivity contribution is 5.58. The molecule has 0 aliphatic carbocycles. The average Bonchev–Trinajstić information content (AvgIpc) is 2.46. The first-order valence-electron chi connectivity index (χ1n) is 6.42. The molecule has 0 atom stereocenters. The topological polar surface area (TPSA) is 49.8 Å². The van der Waals surface area contributed by atoms with Crippen molar-refractivity contribution < 1.29 is 13.2 Å². The van der Waals surface area contributed by atoms with Gasteiger partial charge in [-0.15, -0.1) is 0 Å². The van der Waals surface area contributed by atoms with Crippen LogP contribution < -0.4 is 10.6 Å². The summed E-state index contributed by atoms with van der Waals surface area (Å²) >= 11 is 0. The lowest BCUT2D eigenvalue weighted by Crippen LogP contribution is -2.12. The molecule has 2 rings (SSSR count). The van der Waals surface area contributed by atoms with E-state index in [-0.39, 0.29) is 11.8 Å². The van der Waals surface area contributed by atoms with E-state index in [1.165, 1.54) is 7.05 Å². The van der Waals surface area contributed by atoms with E-state index in [4.69, 9.17) is 0 Å². The highest BCUT2D eigenvalue weighted by Crippen LogP contribution is 2.30. The van der Waals surface area contributed by atoms with Crippen molar-refractivity contribution in [3.63, 3.8) is 0 Å². The molecular weight excluding hydrogens is 281 g/mol. The molecule has 0 saturated carbocycles. The van der Waals surface area contributed by atoms with Gasteiger partial charge in [0.1, 0.15) is 5.82 Å². The molecule has 21 heavy (non-hydrogen) atoms. The van der Waals surface area contributed by atoms with Gasteiger partial charge < -0.3 is 10.6 Å². The van der Waals surface area contributed by atoms with Crippen molar-refractivity contribution in [3.05, 3.63) is 41.6 Å². The Kier molecular flexibility index (Phi) is 4.30. The molecule has 1 aromatic carbocycles. The molecule has 0 unspecified atom stereocenters. The van der Waals surface area contributed by atoms with Crippen LogP contribution in [0.1, 0.15) is 18.2 Å². The van der Waals surface area contributed by atoms with Crippen LogP contribution in [0.15, 0.2) is 30.3 Å². The van der Waals surface area contributed by atoms with Gasteiger partial charge in [0.05, 0.1) is 0 Å². The number of aromatic nitrogens is 2. The monoisotopic (exact) mass is 296 g/mol. The first-order valence-corrected chi connectivity index (χ1v) is 6.42. The lowest BCUT2D eigenvalue weighted by atomic mass is 10.1. The van der Waals surface area contributed by atoms with Gasteiger partial charge in [-0.1, -0.05) is 19.1 Å². The van der Waals surface area contributed by atoms with Crippen LogP contribution in [0.4, 0.5) is 30.6 Å². The molecule has 0 fully saturated rings. The molecule has 7 heteroatoms. The standard InChI is InChI=1S/C14H15F3N4/c1-3-9-4-6-10(7-5-9)19-12-8-11(14(15,16)17)20-13(18-2)21-12/h4-8H,3H2,1-2H3,(H2,18,19,20,21). The maximum Gasteiger partial charge on any atom is 0.433 e. The van der Waals surface area contributed by atoms with Gasteiger partial charge in [-0.05, 0) is 24.1 Å². The van der Waals surface area contributed by atoms with Crippen molar-refractivity contribution in [1.82, 2.24) is 9.97 Å². The maximum absolute atomic E-state index is 12.8. The fourth-order valence-corrected chi connectivity index (χ4v) is 1.74. The molecule has 1 aromatic heterocycles. The average molecular weight is 296 g/mol. The SMILES string of the molecule is CCc1ccc(Nc2cc(C(F)(F)F)nc(NC)n2)cc1. The minimum Gasteiger partial charge on any atom is -0.357 e. The highest BCUT2D eigenvalue weighted by Gasteiger charge is 2.33. The Labute approximate surface area is 120 Å². The predicted octanol–water partition coefficient (Wildman–Crippen LogP) is 3.84. The van der Waals surface area contributed by atoms with Gasteiger partial charge in [-0.25, -0.2) is 4.98 Å². The van der Waals surface area contributed by atoms with Crippen LogP contribution >= 0.6 is 0 Å². The molecule has 1 heterocycles. The van der Waals surface area contributed by atoms with Crippen LogP contribution in [0.5, 0.6) is 0 Å². The molecule has 0 aliphatic rings. The number of anilines is 3. The van der Waals surface area contributed by atoms with Gasteiger partial charge >= 0.3 is 6.18 Å². The van der Waals surface area contributed by atoms with Crippen molar-refractivity contribution in [3.8, 4) is 0 Å². The van der Waals surface area contributed by atoms with E-state index in [1.807, 2.05) is 19.1 Å². The molecule has 0 amide bonds. The molecule has 2 N–H and O–H groups in total. The number of nitrogens with zero attached hydrogens (tertiary/aromatic N) is 2. The highest BCUT2D eigenvalue weighted by atomic mass is 19.4. The lowest BCUT2D eigenvalue weighted by molar-refractivity contribution is -0.141. The van der Waals surface area contributed by atoms with E-state index in [1.54, 1.807) is 12.1 Å². The molecule has 0 radical (unpaired) electrons. The molecule has 2 aromatic rings. The third-order valence-corrected chi connectivity index (χ3v) is 2.87. The largest absolute Gasteiger partial charge is 0.433 e. The Hall–Kier alpha value is -2.31. The van der Waals surface area contributed by atoms with Gasteiger partial charge in [0.15, 0.2) is 5.69 Å². The van der Waals surface area contributed by atoms with Crippen molar-refractivity contribution in [2.45, 2.75) is 19.5 Å². The second-order valence-corrected chi connectivity index (χ2v) is 4.39. The summed E-state index contributed by atoms with van der Waals surface area (Å²) in [6.07, 6.45) is -3.62. The molecule has 112 valence electrons. The molecule has 0 spiro atoms. The summed E-state index contributed by atoms with van der Waals surface area (Å²) in [5, 5.41) is 5.37. The second-order valence-electron chi connectivity index (χ2n) is 4.39. The van der Waals surface area contributed by atoms with E-state index >= 15 is 0 Å². The van der Waals surface area contributed by atoms with Gasteiger partial charge in [-0.3, -0.25) is 0 Å². The van der Waals surface area contributed by atoms with Crippen molar-refractivity contribution in [2.24, 2.45) is 0 Å². The molecule has 4 nitrogen and oxygen atoms in total. The Morgan fingerprint density at radius 2 is 1.76 bits per heavy atom. The Balaban J connectivity index is 2.29.